The van der Waals surface area contributed by atoms with Crippen LogP contribution in [-0.2, 0) is 13.5 Å². The third-order valence-corrected chi connectivity index (χ3v) is 3.42. The largest absolute Gasteiger partial charge is 0.380 e. The minimum Gasteiger partial charge on any atom is -0.380 e. The Morgan fingerprint density at radius 1 is 1.41 bits per heavy atom. The lowest BCUT2D eigenvalue weighted by Gasteiger charge is -2.23. The van der Waals surface area contributed by atoms with E-state index in [2.05, 4.69) is 43.1 Å². The number of fused-ring (bicyclic) bond motifs is 1. The van der Waals surface area contributed by atoms with Crippen molar-refractivity contribution in [3.63, 3.8) is 0 Å². The molecule has 0 saturated heterocycles. The summed E-state index contributed by atoms with van der Waals surface area (Å²) in [6.45, 7) is 9.93. The standard InChI is InChI=1S/C13H24N4/c1-5-7-11-12-13(16(4)15-11)17(6-2)9-10(3)8-14-12/h10,14H,5-9H2,1-4H3. The molecule has 0 radical (unpaired) electrons. The Balaban J connectivity index is 2.40. The van der Waals surface area contributed by atoms with Gasteiger partial charge in [-0.1, -0.05) is 20.3 Å². The quantitative estimate of drug-likeness (QED) is 0.874. The fraction of sp³-hybridized carbons (Fsp3) is 0.769. The number of aryl methyl sites for hydroxylation is 2. The summed E-state index contributed by atoms with van der Waals surface area (Å²) in [7, 11) is 2.05. The molecule has 17 heavy (non-hydrogen) atoms. The molecule has 0 amide bonds. The Morgan fingerprint density at radius 2 is 2.18 bits per heavy atom. The van der Waals surface area contributed by atoms with Crippen LogP contribution < -0.4 is 10.2 Å². The first-order valence-corrected chi connectivity index (χ1v) is 6.72. The predicted octanol–water partition coefficient (Wildman–Crippen LogP) is 2.26. The number of nitrogens with zero attached hydrogens (tertiary/aromatic N) is 3. The smallest absolute Gasteiger partial charge is 0.150 e. The molecular weight excluding hydrogens is 212 g/mol. The summed E-state index contributed by atoms with van der Waals surface area (Å²) in [4.78, 5) is 2.44. The Kier molecular flexibility index (Phi) is 3.60. The first-order valence-electron chi connectivity index (χ1n) is 6.72. The first kappa shape index (κ1) is 12.3. The average Bonchev–Trinajstić information content (AvgIpc) is 2.50. The van der Waals surface area contributed by atoms with Gasteiger partial charge in [-0.05, 0) is 19.3 Å². The highest BCUT2D eigenvalue weighted by molar-refractivity contribution is 5.70. The minimum atomic E-state index is 0.678. The number of aromatic nitrogens is 2. The van der Waals surface area contributed by atoms with Crippen LogP contribution in [0.4, 0.5) is 11.5 Å². The SMILES string of the molecule is CCCc1nn(C)c2c1NCC(C)CN2CC. The van der Waals surface area contributed by atoms with Crippen molar-refractivity contribution >= 4 is 11.5 Å². The molecule has 96 valence electrons. The summed E-state index contributed by atoms with van der Waals surface area (Å²) in [5, 5.41) is 8.25. The van der Waals surface area contributed by atoms with Crippen LogP contribution in [0.5, 0.6) is 0 Å². The number of hydrogen-bond donors (Lipinski definition) is 1. The van der Waals surface area contributed by atoms with Gasteiger partial charge in [0.2, 0.25) is 0 Å². The molecular formula is C13H24N4. The molecule has 1 unspecified atom stereocenters. The van der Waals surface area contributed by atoms with Gasteiger partial charge in [0.1, 0.15) is 5.69 Å². The van der Waals surface area contributed by atoms with Crippen molar-refractivity contribution in [3.05, 3.63) is 5.69 Å². The second kappa shape index (κ2) is 4.98. The van der Waals surface area contributed by atoms with E-state index in [0.29, 0.717) is 5.92 Å². The maximum atomic E-state index is 4.66. The van der Waals surface area contributed by atoms with Crippen LogP contribution in [0.25, 0.3) is 0 Å². The lowest BCUT2D eigenvalue weighted by atomic mass is 10.2. The second-order valence-corrected chi connectivity index (χ2v) is 5.04. The van der Waals surface area contributed by atoms with Crippen LogP contribution in [-0.4, -0.2) is 29.4 Å². The third-order valence-electron chi connectivity index (χ3n) is 3.42. The maximum Gasteiger partial charge on any atom is 0.150 e. The van der Waals surface area contributed by atoms with E-state index in [0.717, 1.165) is 32.5 Å². The van der Waals surface area contributed by atoms with Gasteiger partial charge in [-0.15, -0.1) is 0 Å². The minimum absolute atomic E-state index is 0.678. The zero-order valence-corrected chi connectivity index (χ0v) is 11.5. The Morgan fingerprint density at radius 3 is 2.82 bits per heavy atom. The highest BCUT2D eigenvalue weighted by atomic mass is 15.4. The van der Waals surface area contributed by atoms with E-state index in [1.54, 1.807) is 0 Å². The normalized spacial score (nSPS) is 19.8. The Hall–Kier alpha value is -1.19. The van der Waals surface area contributed by atoms with E-state index < -0.39 is 0 Å². The van der Waals surface area contributed by atoms with Crippen molar-refractivity contribution < 1.29 is 0 Å². The van der Waals surface area contributed by atoms with Crippen LogP contribution in [0.3, 0.4) is 0 Å². The van der Waals surface area contributed by atoms with Crippen LogP contribution in [0.15, 0.2) is 0 Å². The van der Waals surface area contributed by atoms with Crippen molar-refractivity contribution in [1.82, 2.24) is 9.78 Å². The first-order chi connectivity index (χ1) is 8.17. The van der Waals surface area contributed by atoms with Crippen molar-refractivity contribution in [2.75, 3.05) is 29.9 Å². The molecule has 2 heterocycles. The van der Waals surface area contributed by atoms with E-state index in [-0.39, 0.29) is 0 Å². The summed E-state index contributed by atoms with van der Waals surface area (Å²) in [5.41, 5.74) is 2.48. The fourth-order valence-corrected chi connectivity index (χ4v) is 2.61. The van der Waals surface area contributed by atoms with Crippen molar-refractivity contribution in [2.24, 2.45) is 13.0 Å². The Bertz CT molecular complexity index is 383. The van der Waals surface area contributed by atoms with E-state index in [1.807, 2.05) is 4.68 Å². The molecule has 0 bridgehead atoms. The topological polar surface area (TPSA) is 33.1 Å². The molecule has 1 aromatic heterocycles. The molecule has 4 heteroatoms. The summed E-state index contributed by atoms with van der Waals surface area (Å²) in [6.07, 6.45) is 2.20. The van der Waals surface area contributed by atoms with E-state index in [4.69, 9.17) is 0 Å². The zero-order valence-electron chi connectivity index (χ0n) is 11.5. The van der Waals surface area contributed by atoms with Gasteiger partial charge in [0.15, 0.2) is 5.82 Å². The molecule has 0 spiro atoms. The van der Waals surface area contributed by atoms with Crippen LogP contribution in [0, 0.1) is 5.92 Å². The van der Waals surface area contributed by atoms with Crippen LogP contribution >= 0.6 is 0 Å². The summed E-state index contributed by atoms with van der Waals surface area (Å²) >= 11 is 0. The van der Waals surface area contributed by atoms with E-state index in [1.165, 1.54) is 17.2 Å². The second-order valence-electron chi connectivity index (χ2n) is 5.04. The fourth-order valence-electron chi connectivity index (χ4n) is 2.61. The molecule has 0 aromatic carbocycles. The molecule has 0 fully saturated rings. The lowest BCUT2D eigenvalue weighted by molar-refractivity contribution is 0.586. The van der Waals surface area contributed by atoms with E-state index in [9.17, 15) is 0 Å². The third kappa shape index (κ3) is 2.26. The molecule has 1 atom stereocenters. The van der Waals surface area contributed by atoms with Crippen LogP contribution in [0.2, 0.25) is 0 Å². The molecule has 0 aliphatic carbocycles. The summed E-state index contributed by atoms with van der Waals surface area (Å²) < 4.78 is 2.04. The Labute approximate surface area is 104 Å². The molecule has 1 aliphatic heterocycles. The summed E-state index contributed by atoms with van der Waals surface area (Å²) in [5.74, 6) is 1.94. The van der Waals surface area contributed by atoms with Crippen LogP contribution in [0.1, 0.15) is 32.9 Å². The van der Waals surface area contributed by atoms with Gasteiger partial charge in [0.25, 0.3) is 0 Å². The van der Waals surface area contributed by atoms with Gasteiger partial charge < -0.3 is 10.2 Å². The van der Waals surface area contributed by atoms with E-state index >= 15 is 0 Å². The maximum absolute atomic E-state index is 4.66. The monoisotopic (exact) mass is 236 g/mol. The number of nitrogens with one attached hydrogen (secondary N) is 1. The molecule has 1 aliphatic rings. The summed E-state index contributed by atoms with van der Waals surface area (Å²) in [6, 6.07) is 0. The number of anilines is 2. The lowest BCUT2D eigenvalue weighted by Crippen LogP contribution is -2.29. The molecule has 2 rings (SSSR count). The predicted molar refractivity (Wildman–Crippen MR) is 72.7 cm³/mol. The van der Waals surface area contributed by atoms with Crippen molar-refractivity contribution in [3.8, 4) is 0 Å². The zero-order chi connectivity index (χ0) is 12.4. The number of hydrogen-bond acceptors (Lipinski definition) is 3. The molecule has 1 aromatic rings. The van der Waals surface area contributed by atoms with Crippen molar-refractivity contribution in [2.45, 2.75) is 33.6 Å². The van der Waals surface area contributed by atoms with Crippen molar-refractivity contribution in [1.29, 1.82) is 0 Å². The highest BCUT2D eigenvalue weighted by Gasteiger charge is 2.24. The van der Waals surface area contributed by atoms with Gasteiger partial charge in [-0.3, -0.25) is 4.68 Å². The van der Waals surface area contributed by atoms with Gasteiger partial charge in [0, 0.05) is 26.7 Å². The van der Waals surface area contributed by atoms with Gasteiger partial charge in [0.05, 0.1) is 5.69 Å². The van der Waals surface area contributed by atoms with Gasteiger partial charge >= 0.3 is 0 Å². The molecule has 1 N–H and O–H groups in total. The van der Waals surface area contributed by atoms with Gasteiger partial charge in [-0.2, -0.15) is 5.10 Å². The number of rotatable bonds is 3. The average molecular weight is 236 g/mol. The molecule has 4 nitrogen and oxygen atoms in total. The van der Waals surface area contributed by atoms with Gasteiger partial charge in [-0.25, -0.2) is 0 Å². The highest BCUT2D eigenvalue weighted by Crippen LogP contribution is 2.32. The molecule has 0 saturated carbocycles.